The number of unbranched alkanes of at least 4 members (excludes halogenated alkanes) is 2. The lowest BCUT2D eigenvalue weighted by molar-refractivity contribution is 0.0972. The van der Waals surface area contributed by atoms with Crippen molar-refractivity contribution < 1.29 is 19.1 Å². The molecule has 0 unspecified atom stereocenters. The summed E-state index contributed by atoms with van der Waals surface area (Å²) in [6.07, 6.45) is 8.57. The smallest absolute Gasteiger partial charge is 0.163 e. The van der Waals surface area contributed by atoms with E-state index in [-0.39, 0.29) is 11.6 Å². The monoisotopic (exact) mass is 380 g/mol. The molecule has 148 valence electrons. The van der Waals surface area contributed by atoms with E-state index in [0.29, 0.717) is 35.5 Å². The van der Waals surface area contributed by atoms with Gasteiger partial charge in [0.15, 0.2) is 11.6 Å². The minimum absolute atomic E-state index is 0.135. The molecule has 0 N–H and O–H groups in total. The molecule has 28 heavy (non-hydrogen) atoms. The number of carbonyl (C=O) groups excluding carboxylic acids is 2. The van der Waals surface area contributed by atoms with Gasteiger partial charge in [0.25, 0.3) is 0 Å². The van der Waals surface area contributed by atoms with Gasteiger partial charge in [0.05, 0.1) is 14.2 Å². The minimum Gasteiger partial charge on any atom is -0.497 e. The summed E-state index contributed by atoms with van der Waals surface area (Å²) >= 11 is 0. The largest absolute Gasteiger partial charge is 0.497 e. The Morgan fingerprint density at radius 3 is 1.57 bits per heavy atom. The summed E-state index contributed by atoms with van der Waals surface area (Å²) in [6.45, 7) is 0. The molecule has 0 radical (unpaired) electrons. The Labute approximate surface area is 167 Å². The molecule has 0 fully saturated rings. The average Bonchev–Trinajstić information content (AvgIpc) is 2.75. The molecule has 2 aromatic rings. The lowest BCUT2D eigenvalue weighted by Gasteiger charge is -2.03. The first-order chi connectivity index (χ1) is 13.6. The van der Waals surface area contributed by atoms with Crippen LogP contribution >= 0.6 is 0 Å². The molecule has 4 heteroatoms. The minimum atomic E-state index is 0.135. The number of ketones is 2. The van der Waals surface area contributed by atoms with Gasteiger partial charge in [-0.1, -0.05) is 36.4 Å². The van der Waals surface area contributed by atoms with E-state index in [9.17, 15) is 9.59 Å². The number of benzene rings is 2. The van der Waals surface area contributed by atoms with Crippen molar-refractivity contribution in [3.8, 4) is 11.5 Å². The van der Waals surface area contributed by atoms with Crippen LogP contribution in [0.15, 0.2) is 60.7 Å². The van der Waals surface area contributed by atoms with Crippen LogP contribution in [0.25, 0.3) is 0 Å². The van der Waals surface area contributed by atoms with E-state index in [0.717, 1.165) is 25.7 Å². The van der Waals surface area contributed by atoms with Gasteiger partial charge in [-0.2, -0.15) is 0 Å². The number of rotatable bonds is 12. The molecule has 0 aliphatic rings. The molecule has 0 aliphatic heterocycles. The summed E-state index contributed by atoms with van der Waals surface area (Å²) in [7, 11) is 3.19. The highest BCUT2D eigenvalue weighted by atomic mass is 16.5. The molecule has 0 amide bonds. The zero-order valence-corrected chi connectivity index (χ0v) is 16.6. The van der Waals surface area contributed by atoms with Crippen LogP contribution in [0.1, 0.15) is 59.2 Å². The second-order valence-electron chi connectivity index (χ2n) is 6.57. The van der Waals surface area contributed by atoms with Gasteiger partial charge >= 0.3 is 0 Å². The maximum Gasteiger partial charge on any atom is 0.163 e. The van der Waals surface area contributed by atoms with Crippen molar-refractivity contribution in [2.45, 2.75) is 38.5 Å². The Kier molecular flexibility index (Phi) is 8.99. The van der Waals surface area contributed by atoms with Gasteiger partial charge in [-0.15, -0.1) is 0 Å². The molecule has 0 atom stereocenters. The molecule has 0 saturated carbocycles. The number of methoxy groups -OCH3 is 2. The number of hydrogen-bond donors (Lipinski definition) is 0. The highest BCUT2D eigenvalue weighted by Crippen LogP contribution is 2.16. The van der Waals surface area contributed by atoms with E-state index in [1.54, 1.807) is 26.4 Å². The first-order valence-corrected chi connectivity index (χ1v) is 9.63. The van der Waals surface area contributed by atoms with Crippen molar-refractivity contribution in [1.29, 1.82) is 0 Å². The van der Waals surface area contributed by atoms with E-state index in [1.165, 1.54) is 0 Å². The van der Waals surface area contributed by atoms with Crippen LogP contribution in [0.4, 0.5) is 0 Å². The quantitative estimate of drug-likeness (QED) is 0.271. The Balaban J connectivity index is 1.62. The normalized spacial score (nSPS) is 10.8. The standard InChI is InChI=1S/C24H28O4/c1-27-21-13-9-11-19(17-21)23(25)15-7-5-3-4-6-8-16-24(26)20-12-10-14-22(18-20)28-2/h3-4,9-14,17-18H,5-8,15-16H2,1-2H3/b4-3+. The maximum absolute atomic E-state index is 12.2. The van der Waals surface area contributed by atoms with Gasteiger partial charge in [0.2, 0.25) is 0 Å². The Morgan fingerprint density at radius 1 is 0.750 bits per heavy atom. The van der Waals surface area contributed by atoms with Crippen LogP contribution in [-0.4, -0.2) is 25.8 Å². The fraction of sp³-hybridized carbons (Fsp3) is 0.333. The summed E-state index contributed by atoms with van der Waals surface area (Å²) in [6, 6.07) is 14.5. The molecule has 2 aromatic carbocycles. The Hall–Kier alpha value is -2.88. The van der Waals surface area contributed by atoms with Crippen molar-refractivity contribution in [3.05, 3.63) is 71.8 Å². The second-order valence-corrected chi connectivity index (χ2v) is 6.57. The third-order valence-electron chi connectivity index (χ3n) is 4.50. The molecule has 0 aliphatic carbocycles. The van der Waals surface area contributed by atoms with E-state index in [1.807, 2.05) is 36.4 Å². The van der Waals surface area contributed by atoms with Crippen LogP contribution in [0.3, 0.4) is 0 Å². The zero-order chi connectivity index (χ0) is 20.2. The molecular weight excluding hydrogens is 352 g/mol. The SMILES string of the molecule is COc1cccc(C(=O)CCC/C=C/CCCC(=O)c2cccc(OC)c2)c1. The molecule has 2 rings (SSSR count). The van der Waals surface area contributed by atoms with Crippen molar-refractivity contribution in [3.63, 3.8) is 0 Å². The van der Waals surface area contributed by atoms with Gasteiger partial charge in [0, 0.05) is 24.0 Å². The van der Waals surface area contributed by atoms with Crippen LogP contribution < -0.4 is 9.47 Å². The van der Waals surface area contributed by atoms with Crippen molar-refractivity contribution in [2.75, 3.05) is 14.2 Å². The summed E-state index contributed by atoms with van der Waals surface area (Å²) < 4.78 is 10.3. The highest BCUT2D eigenvalue weighted by Gasteiger charge is 2.07. The highest BCUT2D eigenvalue weighted by molar-refractivity contribution is 5.96. The van der Waals surface area contributed by atoms with Gasteiger partial charge in [-0.05, 0) is 49.9 Å². The van der Waals surface area contributed by atoms with E-state index in [2.05, 4.69) is 12.2 Å². The van der Waals surface area contributed by atoms with E-state index in [4.69, 9.17) is 9.47 Å². The maximum atomic E-state index is 12.2. The molecule has 0 heterocycles. The van der Waals surface area contributed by atoms with Gasteiger partial charge in [-0.3, -0.25) is 9.59 Å². The van der Waals surface area contributed by atoms with Crippen molar-refractivity contribution >= 4 is 11.6 Å². The molecular formula is C24H28O4. The summed E-state index contributed by atoms with van der Waals surface area (Å²) in [5, 5.41) is 0. The van der Waals surface area contributed by atoms with Gasteiger partial charge in [-0.25, -0.2) is 0 Å². The second kappa shape index (κ2) is 11.8. The van der Waals surface area contributed by atoms with Crippen LogP contribution in [0, 0.1) is 0 Å². The number of Topliss-reactive ketones (excluding diaryl/α,β-unsaturated/α-hetero) is 2. The lowest BCUT2D eigenvalue weighted by Crippen LogP contribution is -1.99. The van der Waals surface area contributed by atoms with Gasteiger partial charge in [0.1, 0.15) is 11.5 Å². The predicted molar refractivity (Wildman–Crippen MR) is 111 cm³/mol. The molecule has 0 bridgehead atoms. The predicted octanol–water partition coefficient (Wildman–Crippen LogP) is 5.67. The topological polar surface area (TPSA) is 52.6 Å². The Morgan fingerprint density at radius 2 is 1.18 bits per heavy atom. The number of allylic oxidation sites excluding steroid dienone is 2. The van der Waals surface area contributed by atoms with E-state index >= 15 is 0 Å². The fourth-order valence-electron chi connectivity index (χ4n) is 2.88. The first kappa shape index (κ1) is 21.4. The summed E-state index contributed by atoms with van der Waals surface area (Å²) in [5.41, 5.74) is 1.39. The number of carbonyl (C=O) groups is 2. The van der Waals surface area contributed by atoms with Crippen LogP contribution in [0.5, 0.6) is 11.5 Å². The summed E-state index contributed by atoms with van der Waals surface area (Å²) in [5.74, 6) is 1.68. The molecule has 0 aromatic heterocycles. The third kappa shape index (κ3) is 7.03. The molecule has 0 saturated heterocycles. The lowest BCUT2D eigenvalue weighted by atomic mass is 10.0. The van der Waals surface area contributed by atoms with Crippen molar-refractivity contribution in [2.24, 2.45) is 0 Å². The average molecular weight is 380 g/mol. The Bertz CT molecular complexity index is 740. The van der Waals surface area contributed by atoms with E-state index < -0.39 is 0 Å². The first-order valence-electron chi connectivity index (χ1n) is 9.63. The van der Waals surface area contributed by atoms with Crippen LogP contribution in [0.2, 0.25) is 0 Å². The molecule has 0 spiro atoms. The van der Waals surface area contributed by atoms with Crippen LogP contribution in [-0.2, 0) is 0 Å². The molecule has 4 nitrogen and oxygen atoms in total. The zero-order valence-electron chi connectivity index (χ0n) is 16.6. The van der Waals surface area contributed by atoms with Gasteiger partial charge < -0.3 is 9.47 Å². The summed E-state index contributed by atoms with van der Waals surface area (Å²) in [4.78, 5) is 24.4. The number of ether oxygens (including phenoxy) is 2. The number of hydrogen-bond acceptors (Lipinski definition) is 4. The van der Waals surface area contributed by atoms with Crippen molar-refractivity contribution in [1.82, 2.24) is 0 Å². The third-order valence-corrected chi connectivity index (χ3v) is 4.50. The fourth-order valence-corrected chi connectivity index (χ4v) is 2.88.